The van der Waals surface area contributed by atoms with Gasteiger partial charge in [0.15, 0.2) is 11.5 Å². The number of nitrogens with zero attached hydrogens (tertiary/aromatic N) is 1. The highest BCUT2D eigenvalue weighted by Crippen LogP contribution is 2.43. The molecule has 0 radical (unpaired) electrons. The van der Waals surface area contributed by atoms with Crippen LogP contribution in [0.15, 0.2) is 66.7 Å². The summed E-state index contributed by atoms with van der Waals surface area (Å²) in [5.41, 5.74) is 5.81. The Labute approximate surface area is 160 Å². The van der Waals surface area contributed by atoms with Crippen LogP contribution in [-0.4, -0.2) is 30.2 Å². The SMILES string of the molecule is COc1cc2c(c(-c3ccccc3)c1O)CN(CCc1ccccc1)CC2. The Morgan fingerprint density at radius 3 is 2.41 bits per heavy atom. The lowest BCUT2D eigenvalue weighted by Gasteiger charge is -2.31. The van der Waals surface area contributed by atoms with Gasteiger partial charge in [0, 0.05) is 25.2 Å². The van der Waals surface area contributed by atoms with Gasteiger partial charge >= 0.3 is 0 Å². The molecule has 3 aromatic rings. The van der Waals surface area contributed by atoms with Crippen molar-refractivity contribution in [3.8, 4) is 22.6 Å². The molecule has 1 N–H and O–H groups in total. The number of benzene rings is 3. The summed E-state index contributed by atoms with van der Waals surface area (Å²) in [7, 11) is 1.62. The molecule has 0 aromatic heterocycles. The Balaban J connectivity index is 1.64. The molecule has 0 fully saturated rings. The molecule has 1 heterocycles. The molecule has 0 spiro atoms. The number of hydrogen-bond acceptors (Lipinski definition) is 3. The van der Waals surface area contributed by atoms with Crippen molar-refractivity contribution in [2.45, 2.75) is 19.4 Å². The molecule has 0 amide bonds. The Morgan fingerprint density at radius 2 is 1.70 bits per heavy atom. The van der Waals surface area contributed by atoms with E-state index in [1.807, 2.05) is 24.3 Å². The van der Waals surface area contributed by atoms with Gasteiger partial charge in [0.1, 0.15) is 0 Å². The van der Waals surface area contributed by atoms with Crippen LogP contribution in [0, 0.1) is 0 Å². The van der Waals surface area contributed by atoms with Crippen LogP contribution in [-0.2, 0) is 19.4 Å². The van der Waals surface area contributed by atoms with Crippen LogP contribution in [0.2, 0.25) is 0 Å². The van der Waals surface area contributed by atoms with Crippen molar-refractivity contribution >= 4 is 0 Å². The average Bonchev–Trinajstić information content (AvgIpc) is 2.73. The zero-order valence-electron chi connectivity index (χ0n) is 15.7. The summed E-state index contributed by atoms with van der Waals surface area (Å²) in [5, 5.41) is 10.8. The van der Waals surface area contributed by atoms with Crippen molar-refractivity contribution in [2.75, 3.05) is 20.2 Å². The van der Waals surface area contributed by atoms with Crippen LogP contribution in [0.25, 0.3) is 11.1 Å². The van der Waals surface area contributed by atoms with E-state index in [1.54, 1.807) is 7.11 Å². The summed E-state index contributed by atoms with van der Waals surface area (Å²) >= 11 is 0. The molecule has 4 rings (SSSR count). The molecule has 1 aliphatic rings. The number of ether oxygens (including phenoxy) is 1. The smallest absolute Gasteiger partial charge is 0.166 e. The van der Waals surface area contributed by atoms with Gasteiger partial charge in [-0.25, -0.2) is 0 Å². The third-order valence-corrected chi connectivity index (χ3v) is 5.39. The fourth-order valence-corrected chi connectivity index (χ4v) is 3.92. The first kappa shape index (κ1) is 17.6. The normalized spacial score (nSPS) is 14.0. The van der Waals surface area contributed by atoms with Gasteiger partial charge in [-0.05, 0) is 41.2 Å². The van der Waals surface area contributed by atoms with Crippen LogP contribution >= 0.6 is 0 Å². The van der Waals surface area contributed by atoms with Gasteiger partial charge < -0.3 is 9.84 Å². The van der Waals surface area contributed by atoms with E-state index in [-0.39, 0.29) is 5.75 Å². The van der Waals surface area contributed by atoms with E-state index in [0.717, 1.165) is 43.6 Å². The van der Waals surface area contributed by atoms with E-state index in [4.69, 9.17) is 4.74 Å². The molecule has 138 valence electrons. The van der Waals surface area contributed by atoms with E-state index < -0.39 is 0 Å². The van der Waals surface area contributed by atoms with Crippen molar-refractivity contribution in [1.29, 1.82) is 0 Å². The molecular weight excluding hydrogens is 334 g/mol. The summed E-state index contributed by atoms with van der Waals surface area (Å²) < 4.78 is 5.44. The number of phenols is 1. The van der Waals surface area contributed by atoms with Crippen LogP contribution in [0.5, 0.6) is 11.5 Å². The molecule has 3 nitrogen and oxygen atoms in total. The molecule has 0 saturated heterocycles. The minimum absolute atomic E-state index is 0.243. The van der Waals surface area contributed by atoms with Crippen molar-refractivity contribution in [3.63, 3.8) is 0 Å². The lowest BCUT2D eigenvalue weighted by atomic mass is 9.89. The molecule has 0 aliphatic carbocycles. The monoisotopic (exact) mass is 359 g/mol. The summed E-state index contributed by atoms with van der Waals surface area (Å²) in [4.78, 5) is 2.48. The summed E-state index contributed by atoms with van der Waals surface area (Å²) in [6.07, 6.45) is 2.01. The lowest BCUT2D eigenvalue weighted by Crippen LogP contribution is -2.32. The molecule has 0 unspecified atom stereocenters. The van der Waals surface area contributed by atoms with Gasteiger partial charge in [-0.3, -0.25) is 4.90 Å². The molecule has 27 heavy (non-hydrogen) atoms. The van der Waals surface area contributed by atoms with Crippen LogP contribution in [0.3, 0.4) is 0 Å². The predicted molar refractivity (Wildman–Crippen MR) is 109 cm³/mol. The average molecular weight is 359 g/mol. The quantitative estimate of drug-likeness (QED) is 0.719. The number of hydrogen-bond donors (Lipinski definition) is 1. The molecule has 0 saturated carbocycles. The van der Waals surface area contributed by atoms with Gasteiger partial charge in [0.05, 0.1) is 7.11 Å². The standard InChI is InChI=1S/C24H25NO2/c1-27-22-16-20-13-15-25(14-12-18-8-4-2-5-9-18)17-21(20)23(24(22)26)19-10-6-3-7-11-19/h2-11,16,26H,12-15,17H2,1H3. The highest BCUT2D eigenvalue weighted by Gasteiger charge is 2.24. The fourth-order valence-electron chi connectivity index (χ4n) is 3.92. The van der Waals surface area contributed by atoms with E-state index in [2.05, 4.69) is 47.4 Å². The Kier molecular flexibility index (Phi) is 5.12. The highest BCUT2D eigenvalue weighted by molar-refractivity contribution is 5.78. The largest absolute Gasteiger partial charge is 0.504 e. The minimum atomic E-state index is 0.243. The zero-order valence-corrected chi connectivity index (χ0v) is 15.7. The number of aromatic hydroxyl groups is 1. The summed E-state index contributed by atoms with van der Waals surface area (Å²) in [6.45, 7) is 2.90. The minimum Gasteiger partial charge on any atom is -0.504 e. The van der Waals surface area contributed by atoms with Crippen molar-refractivity contribution in [1.82, 2.24) is 4.90 Å². The fraction of sp³-hybridized carbons (Fsp3) is 0.250. The maximum atomic E-state index is 10.8. The maximum absolute atomic E-state index is 10.8. The predicted octanol–water partition coefficient (Wildman–Crippen LogP) is 4.67. The van der Waals surface area contributed by atoms with Crippen molar-refractivity contribution in [2.24, 2.45) is 0 Å². The van der Waals surface area contributed by atoms with Crippen LogP contribution in [0.1, 0.15) is 16.7 Å². The molecule has 0 atom stereocenters. The van der Waals surface area contributed by atoms with Crippen LogP contribution in [0.4, 0.5) is 0 Å². The van der Waals surface area contributed by atoms with Crippen LogP contribution < -0.4 is 4.74 Å². The summed E-state index contributed by atoms with van der Waals surface area (Å²) in [5.74, 6) is 0.803. The summed E-state index contributed by atoms with van der Waals surface area (Å²) in [6, 6.07) is 22.8. The first-order chi connectivity index (χ1) is 13.3. The zero-order chi connectivity index (χ0) is 18.6. The number of fused-ring (bicyclic) bond motifs is 1. The van der Waals surface area contributed by atoms with E-state index in [0.29, 0.717) is 5.75 Å². The van der Waals surface area contributed by atoms with Crippen molar-refractivity contribution < 1.29 is 9.84 Å². The second-order valence-corrected chi connectivity index (χ2v) is 7.07. The number of methoxy groups -OCH3 is 1. The molecule has 1 aliphatic heterocycles. The van der Waals surface area contributed by atoms with E-state index in [1.165, 1.54) is 16.7 Å². The first-order valence-corrected chi connectivity index (χ1v) is 9.49. The first-order valence-electron chi connectivity index (χ1n) is 9.49. The Bertz CT molecular complexity index is 907. The second kappa shape index (κ2) is 7.85. The van der Waals surface area contributed by atoms with Gasteiger partial charge in [0.2, 0.25) is 0 Å². The van der Waals surface area contributed by atoms with Gasteiger partial charge in [-0.15, -0.1) is 0 Å². The van der Waals surface area contributed by atoms with E-state index >= 15 is 0 Å². The third kappa shape index (κ3) is 3.69. The molecule has 3 aromatic carbocycles. The molecule has 3 heteroatoms. The Morgan fingerprint density at radius 1 is 1.00 bits per heavy atom. The topological polar surface area (TPSA) is 32.7 Å². The second-order valence-electron chi connectivity index (χ2n) is 7.07. The van der Waals surface area contributed by atoms with Gasteiger partial charge in [0.25, 0.3) is 0 Å². The van der Waals surface area contributed by atoms with Crippen molar-refractivity contribution in [3.05, 3.63) is 83.4 Å². The molecular formula is C24H25NO2. The lowest BCUT2D eigenvalue weighted by molar-refractivity contribution is 0.256. The number of rotatable bonds is 5. The maximum Gasteiger partial charge on any atom is 0.166 e. The molecule has 0 bridgehead atoms. The van der Waals surface area contributed by atoms with Gasteiger partial charge in [-0.2, -0.15) is 0 Å². The van der Waals surface area contributed by atoms with E-state index in [9.17, 15) is 5.11 Å². The Hall–Kier alpha value is -2.78. The van der Waals surface area contributed by atoms with Gasteiger partial charge in [-0.1, -0.05) is 60.7 Å². The third-order valence-electron chi connectivity index (χ3n) is 5.39. The highest BCUT2D eigenvalue weighted by atomic mass is 16.5. The number of phenolic OH excluding ortho intramolecular Hbond substituents is 1.